The number of pyridine rings is 2. The molecular weight excluding hydrogens is 399 g/mol. The summed E-state index contributed by atoms with van der Waals surface area (Å²) in [6.45, 7) is 1.23. The van der Waals surface area contributed by atoms with Gasteiger partial charge in [0.15, 0.2) is 44.0 Å². The van der Waals surface area contributed by atoms with E-state index in [4.69, 9.17) is 37.3 Å². The standard InChI is InChI=1S/C13H16N2O.2ClHO4/c16-13(11-14-7-3-1-4-8-14)12-15-9-5-2-6-10-15;2*2-1(3,4)5/h1-10,13,16H,11-12H2;2*(H,2,3,4,5)/q+2;;. The van der Waals surface area contributed by atoms with Crippen LogP contribution in [-0.2, 0) is 13.1 Å². The maximum absolute atomic E-state index is 9.91. The molecule has 0 radical (unpaired) electrons. The first-order valence-electron chi connectivity index (χ1n) is 6.67. The Morgan fingerprint density at radius 1 is 0.615 bits per heavy atom. The molecule has 0 unspecified atom stereocenters. The summed E-state index contributed by atoms with van der Waals surface area (Å²) in [6.07, 6.45) is 7.45. The fourth-order valence-electron chi connectivity index (χ4n) is 1.66. The predicted octanol–water partition coefficient (Wildman–Crippen LogP) is -7.93. The minimum atomic E-state index is -4.69. The molecule has 0 aliphatic heterocycles. The maximum atomic E-state index is 9.91. The van der Waals surface area contributed by atoms with Gasteiger partial charge in [0.25, 0.3) is 0 Å². The van der Waals surface area contributed by atoms with E-state index in [0.717, 1.165) is 0 Å². The lowest BCUT2D eigenvalue weighted by Gasteiger charge is -2.03. The van der Waals surface area contributed by atoms with E-state index in [1.54, 1.807) is 0 Å². The largest absolute Gasteiger partial charge is 0.381 e. The molecule has 0 spiro atoms. The third-order valence-corrected chi connectivity index (χ3v) is 2.40. The van der Waals surface area contributed by atoms with Gasteiger partial charge in [0.05, 0.1) is 29.8 Å². The van der Waals surface area contributed by atoms with Gasteiger partial charge in [-0.1, -0.05) is 12.1 Å². The number of rotatable bonds is 4. The Labute approximate surface area is 153 Å². The van der Waals surface area contributed by atoms with Crippen molar-refractivity contribution < 1.29 is 72.0 Å². The molecule has 2 heterocycles. The van der Waals surface area contributed by atoms with E-state index in [2.05, 4.69) is 0 Å². The molecule has 0 aliphatic carbocycles. The lowest BCUT2D eigenvalue weighted by Crippen LogP contribution is -2.58. The van der Waals surface area contributed by atoms with E-state index < -0.39 is 20.5 Å². The Hall–Kier alpha value is -1.48. The molecule has 0 saturated carbocycles. The molecule has 0 fully saturated rings. The topological polar surface area (TPSA) is 207 Å². The van der Waals surface area contributed by atoms with Gasteiger partial charge in [-0.2, -0.15) is 28.0 Å². The summed E-state index contributed by atoms with van der Waals surface area (Å²) >= 11 is 0. The summed E-state index contributed by atoms with van der Waals surface area (Å²) in [5, 5.41) is 9.91. The molecule has 0 amide bonds. The van der Waals surface area contributed by atoms with Crippen LogP contribution >= 0.6 is 0 Å². The molecule has 13 heteroatoms. The molecule has 0 aromatic carbocycles. The lowest BCUT2D eigenvalue weighted by molar-refractivity contribution is -1.92. The van der Waals surface area contributed by atoms with Crippen molar-refractivity contribution in [3.8, 4) is 0 Å². The minimum absolute atomic E-state index is 0.375. The van der Waals surface area contributed by atoms with E-state index >= 15 is 0 Å². The zero-order valence-corrected chi connectivity index (χ0v) is 14.7. The van der Waals surface area contributed by atoms with Gasteiger partial charge < -0.3 is 5.11 Å². The first-order valence-corrected chi connectivity index (χ1v) is 9.20. The average Bonchev–Trinajstić information content (AvgIpc) is 2.45. The fourth-order valence-corrected chi connectivity index (χ4v) is 1.66. The van der Waals surface area contributed by atoms with Gasteiger partial charge in [-0.05, 0) is 0 Å². The first-order chi connectivity index (χ1) is 11.8. The third-order valence-electron chi connectivity index (χ3n) is 2.40. The van der Waals surface area contributed by atoms with Crippen molar-refractivity contribution in [2.45, 2.75) is 19.2 Å². The number of aliphatic hydroxyl groups is 1. The molecule has 11 nitrogen and oxygen atoms in total. The molecule has 0 bridgehead atoms. The van der Waals surface area contributed by atoms with Crippen molar-refractivity contribution >= 4 is 0 Å². The molecule has 0 saturated heterocycles. The van der Waals surface area contributed by atoms with E-state index in [-0.39, 0.29) is 6.10 Å². The molecule has 2 rings (SSSR count). The SMILES string of the molecule is OC(C[n+]1ccccc1)C[n+]1ccccc1.[O-][Cl+3]([O-])([O-])O.[O-][Cl+3]([O-])([O-])O. The van der Waals surface area contributed by atoms with Gasteiger partial charge >= 0.3 is 0 Å². The van der Waals surface area contributed by atoms with E-state index in [1.165, 1.54) is 0 Å². The van der Waals surface area contributed by atoms with Crippen molar-refractivity contribution in [3.63, 3.8) is 0 Å². The van der Waals surface area contributed by atoms with Gasteiger partial charge in [0.2, 0.25) is 0 Å². The van der Waals surface area contributed by atoms with E-state index in [0.29, 0.717) is 13.1 Å². The number of aliphatic hydroxyl groups excluding tert-OH is 1. The van der Waals surface area contributed by atoms with Crippen molar-refractivity contribution in [3.05, 3.63) is 61.2 Å². The molecule has 3 N–H and O–H groups in total. The Bertz CT molecular complexity index is 529. The Morgan fingerprint density at radius 2 is 0.846 bits per heavy atom. The average molecular weight is 417 g/mol. The quantitative estimate of drug-likeness (QED) is 0.403. The van der Waals surface area contributed by atoms with Crippen molar-refractivity contribution in [2.75, 3.05) is 0 Å². The van der Waals surface area contributed by atoms with Crippen LogP contribution in [-0.4, -0.2) is 20.5 Å². The van der Waals surface area contributed by atoms with Crippen LogP contribution < -0.4 is 37.1 Å². The van der Waals surface area contributed by atoms with E-state index in [1.807, 2.05) is 70.3 Å². The van der Waals surface area contributed by atoms with Crippen LogP contribution in [0.3, 0.4) is 0 Å². The second kappa shape index (κ2) is 12.0. The Kier molecular flexibility index (Phi) is 11.3. The molecule has 2 aromatic heterocycles. The molecule has 0 aliphatic rings. The van der Waals surface area contributed by atoms with Gasteiger partial charge in [-0.25, -0.2) is 9.13 Å². The number of nitrogens with zero attached hydrogens (tertiary/aromatic N) is 2. The summed E-state index contributed by atoms with van der Waals surface area (Å²) in [6, 6.07) is 11.8. The summed E-state index contributed by atoms with van der Waals surface area (Å²) in [7, 11) is -9.39. The highest BCUT2D eigenvalue weighted by atomic mass is 35.7. The minimum Gasteiger partial charge on any atom is -0.381 e. The molecule has 0 atom stereocenters. The molecule has 26 heavy (non-hydrogen) atoms. The monoisotopic (exact) mass is 416 g/mol. The van der Waals surface area contributed by atoms with Gasteiger partial charge in [0, 0.05) is 24.3 Å². The number of hydrogen-bond acceptors (Lipinski definition) is 9. The summed E-state index contributed by atoms with van der Waals surface area (Å²) in [5.74, 6) is 0. The maximum Gasteiger partial charge on any atom is 0.180 e. The molecular formula is C13H18Cl2N2O9+2. The fraction of sp³-hybridized carbons (Fsp3) is 0.231. The highest BCUT2D eigenvalue weighted by Gasteiger charge is 2.14. The normalized spacial score (nSPS) is 11.2. The summed E-state index contributed by atoms with van der Waals surface area (Å²) < 4.78 is 69.4. The van der Waals surface area contributed by atoms with Gasteiger partial charge in [-0.3, -0.25) is 0 Å². The van der Waals surface area contributed by atoms with Crippen molar-refractivity contribution in [2.24, 2.45) is 0 Å². The zero-order valence-electron chi connectivity index (χ0n) is 13.2. The Morgan fingerprint density at radius 3 is 1.08 bits per heavy atom. The summed E-state index contributed by atoms with van der Waals surface area (Å²) in [5.41, 5.74) is 0. The Balaban J connectivity index is 0.000000520. The second-order valence-corrected chi connectivity index (χ2v) is 6.17. The van der Waals surface area contributed by atoms with Gasteiger partial charge in [-0.15, -0.1) is 0 Å². The molecule has 2 aromatic rings. The van der Waals surface area contributed by atoms with Crippen LogP contribution in [0.4, 0.5) is 0 Å². The lowest BCUT2D eigenvalue weighted by atomic mass is 10.3. The van der Waals surface area contributed by atoms with Gasteiger partial charge in [0.1, 0.15) is 0 Å². The highest BCUT2D eigenvalue weighted by Crippen LogP contribution is 1.86. The smallest absolute Gasteiger partial charge is 0.180 e. The predicted molar refractivity (Wildman–Crippen MR) is 63.7 cm³/mol. The van der Waals surface area contributed by atoms with Crippen LogP contribution in [0.2, 0.25) is 0 Å². The van der Waals surface area contributed by atoms with E-state index in [9.17, 15) is 5.11 Å². The van der Waals surface area contributed by atoms with Crippen LogP contribution in [0.1, 0.15) is 0 Å². The van der Waals surface area contributed by atoms with Crippen LogP contribution in [0.25, 0.3) is 0 Å². The van der Waals surface area contributed by atoms with Crippen molar-refractivity contribution in [1.29, 1.82) is 0 Å². The number of halogens is 2. The van der Waals surface area contributed by atoms with Crippen molar-refractivity contribution in [1.82, 2.24) is 0 Å². The third kappa shape index (κ3) is 20.6. The van der Waals surface area contributed by atoms with Crippen LogP contribution in [0.15, 0.2) is 61.2 Å². The second-order valence-electron chi connectivity index (χ2n) is 4.59. The van der Waals surface area contributed by atoms with Crippen LogP contribution in [0, 0.1) is 20.5 Å². The number of aromatic nitrogens is 2. The highest BCUT2D eigenvalue weighted by molar-refractivity contribution is 4.84. The molecule has 146 valence electrons. The first kappa shape index (κ1) is 24.5. The van der Waals surface area contributed by atoms with Crippen LogP contribution in [0.5, 0.6) is 0 Å². The summed E-state index contributed by atoms with van der Waals surface area (Å²) in [4.78, 5) is 0. The zero-order chi connectivity index (χ0) is 20.2. The number of hydrogen-bond donors (Lipinski definition) is 3.